The lowest BCUT2D eigenvalue weighted by Gasteiger charge is -2.27. The van der Waals surface area contributed by atoms with E-state index in [1.54, 1.807) is 42.9 Å². The van der Waals surface area contributed by atoms with Crippen LogP contribution >= 0.6 is 0 Å². The van der Waals surface area contributed by atoms with Crippen LogP contribution in [-0.4, -0.2) is 45.5 Å². The minimum Gasteiger partial charge on any atom is -0.352 e. The molecule has 0 saturated carbocycles. The minimum atomic E-state index is -4.53. The third-order valence-corrected chi connectivity index (χ3v) is 5.57. The summed E-state index contributed by atoms with van der Waals surface area (Å²) in [6, 6.07) is 8.14. The Balaban J connectivity index is 1.58. The molecule has 2 aromatic rings. The monoisotopic (exact) mass is 470 g/mol. The molecule has 1 atom stereocenters. The number of anilines is 1. The average Bonchev–Trinajstić information content (AvgIpc) is 3.12. The van der Waals surface area contributed by atoms with Crippen molar-refractivity contribution in [1.29, 1.82) is 0 Å². The van der Waals surface area contributed by atoms with Crippen LogP contribution in [0.25, 0.3) is 0 Å². The Morgan fingerprint density at radius 1 is 1.15 bits per heavy atom. The number of fused-ring (bicyclic) bond motifs is 1. The highest BCUT2D eigenvalue weighted by atomic mass is 19.4. The highest BCUT2D eigenvalue weighted by Crippen LogP contribution is 2.33. The second-order valence-electron chi connectivity index (χ2n) is 7.63. The van der Waals surface area contributed by atoms with Crippen LogP contribution in [0.2, 0.25) is 0 Å². The average molecular weight is 470 g/mol. The molecule has 0 aliphatic carbocycles. The van der Waals surface area contributed by atoms with Crippen molar-refractivity contribution in [2.24, 2.45) is 15.8 Å². The van der Waals surface area contributed by atoms with Crippen molar-refractivity contribution in [1.82, 2.24) is 9.88 Å². The number of carbonyl (C=O) groups excluding carboxylic acids is 1. The molecule has 34 heavy (non-hydrogen) atoms. The van der Waals surface area contributed by atoms with Gasteiger partial charge in [0.1, 0.15) is 12.0 Å². The summed E-state index contributed by atoms with van der Waals surface area (Å²) in [6.07, 6.45) is 1.49. The first-order valence-corrected chi connectivity index (χ1v) is 10.6. The van der Waals surface area contributed by atoms with Crippen molar-refractivity contribution in [3.05, 3.63) is 83.2 Å². The number of pyridine rings is 1. The molecule has 1 aromatic carbocycles. The van der Waals surface area contributed by atoms with Crippen LogP contribution in [-0.2, 0) is 6.18 Å². The number of alkyl halides is 3. The van der Waals surface area contributed by atoms with Gasteiger partial charge in [0.15, 0.2) is 0 Å². The summed E-state index contributed by atoms with van der Waals surface area (Å²) < 4.78 is 38.6. The van der Waals surface area contributed by atoms with Crippen LogP contribution < -0.4 is 11.2 Å². The smallest absolute Gasteiger partial charge is 0.352 e. The number of aliphatic imine (C=N–C) groups is 2. The summed E-state index contributed by atoms with van der Waals surface area (Å²) in [7, 11) is 0. The number of nitrogens with zero attached hydrogens (tertiary/aromatic N) is 5. The van der Waals surface area contributed by atoms with E-state index >= 15 is 0 Å². The standard InChI is InChI=1S/C23H22F3N7O/c1-3-32(4-2)20-18-14-28-11-12-33(18,27)21(31-20)15-5-7-16(8-6-15)22(34)30-19-13-17(9-10-29-19)23(24,25)26/h5-14H,3-4,27H2,1-2H3/p+1. The Morgan fingerprint density at radius 3 is 2.50 bits per heavy atom. The third-order valence-electron chi connectivity index (χ3n) is 5.57. The van der Waals surface area contributed by atoms with Gasteiger partial charge < -0.3 is 10.2 Å². The normalized spacial score (nSPS) is 19.2. The molecule has 3 N–H and O–H groups in total. The molecule has 0 radical (unpaired) electrons. The number of hydrogen-bond acceptors (Lipinski definition) is 6. The van der Waals surface area contributed by atoms with E-state index in [-0.39, 0.29) is 16.0 Å². The van der Waals surface area contributed by atoms with Gasteiger partial charge in [0.25, 0.3) is 11.7 Å². The number of rotatable bonds is 6. The number of quaternary nitrogens is 1. The predicted molar refractivity (Wildman–Crippen MR) is 122 cm³/mol. The molecule has 1 unspecified atom stereocenters. The SMILES string of the molecule is CCN(CC)C1=C2C=NC=C[N+]2(N)C(c2ccc(C(=O)Nc3cc(C(F)(F)F)ccn3)cc2)=N1. The van der Waals surface area contributed by atoms with Crippen molar-refractivity contribution in [3.8, 4) is 0 Å². The number of carbonyl (C=O) groups is 1. The van der Waals surface area contributed by atoms with Gasteiger partial charge in [0.05, 0.1) is 23.5 Å². The highest BCUT2D eigenvalue weighted by molar-refractivity contribution is 6.05. The molecular weight excluding hydrogens is 447 g/mol. The maximum absolute atomic E-state index is 12.9. The van der Waals surface area contributed by atoms with Crippen molar-refractivity contribution < 1.29 is 22.6 Å². The van der Waals surface area contributed by atoms with Gasteiger partial charge in [0, 0.05) is 24.8 Å². The first-order chi connectivity index (χ1) is 16.2. The van der Waals surface area contributed by atoms with Crippen LogP contribution in [0.4, 0.5) is 19.0 Å². The molecule has 11 heteroatoms. The number of allylic oxidation sites excluding steroid dienone is 1. The summed E-state index contributed by atoms with van der Waals surface area (Å²) in [5.74, 6) is 7.21. The topological polar surface area (TPSA) is 96.0 Å². The van der Waals surface area contributed by atoms with Gasteiger partial charge in [-0.1, -0.05) is 0 Å². The number of aromatic nitrogens is 1. The zero-order chi connectivity index (χ0) is 24.5. The van der Waals surface area contributed by atoms with Crippen LogP contribution in [0.15, 0.2) is 76.5 Å². The minimum absolute atomic E-state index is 0.158. The molecule has 1 amide bonds. The fourth-order valence-corrected chi connectivity index (χ4v) is 3.75. The Bertz CT molecular complexity index is 1230. The van der Waals surface area contributed by atoms with E-state index in [9.17, 15) is 18.0 Å². The number of nitrogens with two attached hydrogens (primary N) is 1. The molecular formula is C23H23F3N7O+. The predicted octanol–water partition coefficient (Wildman–Crippen LogP) is 3.87. The molecule has 4 rings (SSSR count). The lowest BCUT2D eigenvalue weighted by Crippen LogP contribution is -2.53. The molecule has 2 aliphatic rings. The van der Waals surface area contributed by atoms with Crippen molar-refractivity contribution in [2.75, 3.05) is 18.4 Å². The molecule has 0 spiro atoms. The van der Waals surface area contributed by atoms with Crippen LogP contribution in [0.3, 0.4) is 0 Å². The van der Waals surface area contributed by atoms with E-state index in [2.05, 4.69) is 20.2 Å². The second-order valence-corrected chi connectivity index (χ2v) is 7.63. The lowest BCUT2D eigenvalue weighted by molar-refractivity contribution is -0.750. The molecule has 8 nitrogen and oxygen atoms in total. The van der Waals surface area contributed by atoms with E-state index < -0.39 is 17.6 Å². The van der Waals surface area contributed by atoms with Gasteiger partial charge in [-0.05, 0) is 50.2 Å². The van der Waals surface area contributed by atoms with Crippen molar-refractivity contribution >= 4 is 23.8 Å². The second kappa shape index (κ2) is 8.84. The Morgan fingerprint density at radius 2 is 1.85 bits per heavy atom. The van der Waals surface area contributed by atoms with Gasteiger partial charge in [-0.3, -0.25) is 9.79 Å². The van der Waals surface area contributed by atoms with Gasteiger partial charge in [-0.2, -0.15) is 24.0 Å². The Hall–Kier alpha value is -3.83. The van der Waals surface area contributed by atoms with Gasteiger partial charge in [0.2, 0.25) is 11.5 Å². The molecule has 0 fully saturated rings. The van der Waals surface area contributed by atoms with Gasteiger partial charge >= 0.3 is 6.18 Å². The fraction of sp³-hybridized carbons (Fsp3) is 0.217. The Labute approximate surface area is 194 Å². The van der Waals surface area contributed by atoms with E-state index in [1.807, 2.05) is 13.8 Å². The van der Waals surface area contributed by atoms with E-state index in [1.165, 1.54) is 0 Å². The zero-order valence-corrected chi connectivity index (χ0v) is 18.5. The number of benzene rings is 1. The highest BCUT2D eigenvalue weighted by Gasteiger charge is 2.45. The van der Waals surface area contributed by atoms with Crippen molar-refractivity contribution in [3.63, 3.8) is 0 Å². The van der Waals surface area contributed by atoms with Crippen LogP contribution in [0.5, 0.6) is 0 Å². The third kappa shape index (κ3) is 4.22. The summed E-state index contributed by atoms with van der Waals surface area (Å²) in [5, 5.41) is 2.40. The van der Waals surface area contributed by atoms with Crippen molar-refractivity contribution in [2.45, 2.75) is 20.0 Å². The quantitative estimate of drug-likeness (QED) is 0.495. The van der Waals surface area contributed by atoms with Gasteiger partial charge in [-0.15, -0.1) is 4.59 Å². The Kier molecular flexibility index (Phi) is 6.07. The first kappa shape index (κ1) is 23.3. The summed E-state index contributed by atoms with van der Waals surface area (Å²) in [4.78, 5) is 27.5. The lowest BCUT2D eigenvalue weighted by atomic mass is 10.1. The van der Waals surface area contributed by atoms with E-state index in [0.717, 1.165) is 42.9 Å². The van der Waals surface area contributed by atoms with Gasteiger partial charge in [-0.25, -0.2) is 4.98 Å². The molecule has 2 aliphatic heterocycles. The molecule has 3 heterocycles. The fourth-order valence-electron chi connectivity index (χ4n) is 3.75. The summed E-state index contributed by atoms with van der Waals surface area (Å²) in [5.41, 5.74) is 0.780. The maximum Gasteiger partial charge on any atom is 0.416 e. The number of nitrogens with one attached hydrogen (secondary N) is 1. The van der Waals surface area contributed by atoms with Crippen LogP contribution in [0, 0.1) is 0 Å². The molecule has 176 valence electrons. The van der Waals surface area contributed by atoms with E-state index in [0.29, 0.717) is 11.4 Å². The number of amides is 1. The molecule has 0 bridgehead atoms. The number of amidine groups is 1. The summed E-state index contributed by atoms with van der Waals surface area (Å²) >= 11 is 0. The zero-order valence-electron chi connectivity index (χ0n) is 18.5. The van der Waals surface area contributed by atoms with E-state index in [4.69, 9.17) is 10.8 Å². The summed E-state index contributed by atoms with van der Waals surface area (Å²) in [6.45, 7) is 5.54. The number of hydrogen-bond donors (Lipinski definition) is 2. The number of halogens is 3. The molecule has 1 aromatic heterocycles. The maximum atomic E-state index is 12.9. The largest absolute Gasteiger partial charge is 0.416 e. The first-order valence-electron chi connectivity index (χ1n) is 10.6. The molecule has 0 saturated heterocycles. The van der Waals surface area contributed by atoms with Crippen LogP contribution in [0.1, 0.15) is 35.3 Å².